The maximum Gasteiger partial charge on any atom is 0.355 e. The van der Waals surface area contributed by atoms with Gasteiger partial charge in [0.25, 0.3) is 5.91 Å². The van der Waals surface area contributed by atoms with Gasteiger partial charge in [0.1, 0.15) is 0 Å². The molecule has 0 aliphatic carbocycles. The molecule has 7 heteroatoms. The molecule has 1 aromatic heterocycles. The molecule has 0 saturated heterocycles. The van der Waals surface area contributed by atoms with Crippen molar-refractivity contribution >= 4 is 40.7 Å². The number of nitrogens with one attached hydrogen (secondary N) is 1. The summed E-state index contributed by atoms with van der Waals surface area (Å²) in [6.45, 7) is 0. The van der Waals surface area contributed by atoms with Crippen LogP contribution >= 0.6 is 23.1 Å². The SMILES string of the molecule is CSc1cccc(NC(=O)c2nc(C(=O)O)cs2)c1. The fraction of sp³-hybridized carbons (Fsp3) is 0.0833. The molecule has 19 heavy (non-hydrogen) atoms. The molecule has 0 bridgehead atoms. The molecule has 0 unspecified atom stereocenters. The van der Waals surface area contributed by atoms with Gasteiger partial charge < -0.3 is 10.4 Å². The van der Waals surface area contributed by atoms with Crippen LogP contribution in [0.1, 0.15) is 20.3 Å². The van der Waals surface area contributed by atoms with Crippen LogP contribution in [0.4, 0.5) is 5.69 Å². The molecule has 5 nitrogen and oxygen atoms in total. The smallest absolute Gasteiger partial charge is 0.355 e. The molecule has 0 aliphatic rings. The van der Waals surface area contributed by atoms with Gasteiger partial charge in [0.2, 0.25) is 0 Å². The lowest BCUT2D eigenvalue weighted by molar-refractivity contribution is 0.0691. The summed E-state index contributed by atoms with van der Waals surface area (Å²) < 4.78 is 0. The minimum absolute atomic E-state index is 0.118. The van der Waals surface area contributed by atoms with E-state index in [2.05, 4.69) is 10.3 Å². The standard InChI is InChI=1S/C12H10N2O3S2/c1-18-8-4-2-3-7(5-8)13-10(15)11-14-9(6-19-11)12(16)17/h2-6H,1H3,(H,13,15)(H,16,17). The molecule has 0 spiro atoms. The largest absolute Gasteiger partial charge is 0.476 e. The molecule has 1 amide bonds. The van der Waals surface area contributed by atoms with Crippen LogP contribution in [-0.2, 0) is 0 Å². The summed E-state index contributed by atoms with van der Waals surface area (Å²) in [4.78, 5) is 27.4. The zero-order chi connectivity index (χ0) is 13.8. The average Bonchev–Trinajstić information content (AvgIpc) is 2.89. The van der Waals surface area contributed by atoms with E-state index in [1.54, 1.807) is 17.8 Å². The van der Waals surface area contributed by atoms with Gasteiger partial charge in [-0.2, -0.15) is 0 Å². The van der Waals surface area contributed by atoms with Crippen molar-refractivity contribution in [2.75, 3.05) is 11.6 Å². The number of rotatable bonds is 4. The second-order valence-corrected chi connectivity index (χ2v) is 5.27. The van der Waals surface area contributed by atoms with E-state index in [9.17, 15) is 9.59 Å². The molecular weight excluding hydrogens is 284 g/mol. The highest BCUT2D eigenvalue weighted by Gasteiger charge is 2.14. The first-order valence-electron chi connectivity index (χ1n) is 5.24. The molecule has 2 N–H and O–H groups in total. The zero-order valence-electron chi connectivity index (χ0n) is 9.91. The van der Waals surface area contributed by atoms with E-state index in [-0.39, 0.29) is 10.7 Å². The number of carboxylic acids is 1. The monoisotopic (exact) mass is 294 g/mol. The maximum atomic E-state index is 11.9. The third kappa shape index (κ3) is 3.33. The van der Waals surface area contributed by atoms with Gasteiger partial charge in [0.05, 0.1) is 0 Å². The molecule has 0 aliphatic heterocycles. The number of thioether (sulfide) groups is 1. The second-order valence-electron chi connectivity index (χ2n) is 3.53. The lowest BCUT2D eigenvalue weighted by Gasteiger charge is -2.04. The van der Waals surface area contributed by atoms with Gasteiger partial charge in [-0.05, 0) is 24.5 Å². The van der Waals surface area contributed by atoms with Gasteiger partial charge in [-0.25, -0.2) is 9.78 Å². The number of carbonyl (C=O) groups is 2. The Labute approximate surface area is 117 Å². The summed E-state index contributed by atoms with van der Waals surface area (Å²) in [7, 11) is 0. The van der Waals surface area contributed by atoms with Gasteiger partial charge in [-0.3, -0.25) is 4.79 Å². The van der Waals surface area contributed by atoms with Crippen molar-refractivity contribution in [3.63, 3.8) is 0 Å². The Hall–Kier alpha value is -1.86. The van der Waals surface area contributed by atoms with Crippen molar-refractivity contribution in [3.05, 3.63) is 40.3 Å². The van der Waals surface area contributed by atoms with Crippen molar-refractivity contribution in [1.29, 1.82) is 0 Å². The maximum absolute atomic E-state index is 11.9. The average molecular weight is 294 g/mol. The Bertz CT molecular complexity index is 625. The first-order valence-corrected chi connectivity index (χ1v) is 7.35. The summed E-state index contributed by atoms with van der Waals surface area (Å²) in [5.74, 6) is -1.55. The van der Waals surface area contributed by atoms with Crippen molar-refractivity contribution < 1.29 is 14.7 Å². The highest BCUT2D eigenvalue weighted by atomic mass is 32.2. The lowest BCUT2D eigenvalue weighted by Crippen LogP contribution is -2.12. The van der Waals surface area contributed by atoms with E-state index >= 15 is 0 Å². The second kappa shape index (κ2) is 5.85. The number of aromatic carboxylic acids is 1. The van der Waals surface area contributed by atoms with Crippen LogP contribution in [0.15, 0.2) is 34.5 Å². The summed E-state index contributed by atoms with van der Waals surface area (Å²) in [6, 6.07) is 7.38. The summed E-state index contributed by atoms with van der Waals surface area (Å²) in [5.41, 5.74) is 0.539. The number of amides is 1. The molecular formula is C12H10N2O3S2. The van der Waals surface area contributed by atoms with E-state index in [0.29, 0.717) is 5.69 Å². The molecule has 0 radical (unpaired) electrons. The van der Waals surface area contributed by atoms with Crippen molar-refractivity contribution in [2.24, 2.45) is 0 Å². The minimum Gasteiger partial charge on any atom is -0.476 e. The lowest BCUT2D eigenvalue weighted by atomic mass is 10.3. The van der Waals surface area contributed by atoms with Crippen molar-refractivity contribution in [3.8, 4) is 0 Å². The van der Waals surface area contributed by atoms with Gasteiger partial charge >= 0.3 is 5.97 Å². The first kappa shape index (κ1) is 13.6. The van der Waals surface area contributed by atoms with Gasteiger partial charge in [0.15, 0.2) is 10.7 Å². The third-order valence-corrected chi connectivity index (χ3v) is 3.81. The van der Waals surface area contributed by atoms with Crippen LogP contribution in [0.3, 0.4) is 0 Å². The highest BCUT2D eigenvalue weighted by molar-refractivity contribution is 7.98. The molecule has 0 saturated carbocycles. The van der Waals surface area contributed by atoms with Crippen molar-refractivity contribution in [1.82, 2.24) is 4.98 Å². The van der Waals surface area contributed by atoms with Gasteiger partial charge in [-0.15, -0.1) is 23.1 Å². The quantitative estimate of drug-likeness (QED) is 0.848. The molecule has 2 rings (SSSR count). The Morgan fingerprint density at radius 1 is 1.42 bits per heavy atom. The topological polar surface area (TPSA) is 79.3 Å². The van der Waals surface area contributed by atoms with Gasteiger partial charge in [-0.1, -0.05) is 6.07 Å². The summed E-state index contributed by atoms with van der Waals surface area (Å²) in [6.07, 6.45) is 1.95. The van der Waals surface area contributed by atoms with Crippen LogP contribution in [-0.4, -0.2) is 28.2 Å². The Morgan fingerprint density at radius 3 is 2.84 bits per heavy atom. The number of benzene rings is 1. The van der Waals surface area contributed by atoms with Gasteiger partial charge in [0, 0.05) is 16.0 Å². The highest BCUT2D eigenvalue weighted by Crippen LogP contribution is 2.20. The van der Waals surface area contributed by atoms with Crippen LogP contribution < -0.4 is 5.32 Å². The van der Waals surface area contributed by atoms with E-state index in [4.69, 9.17) is 5.11 Å². The van der Waals surface area contributed by atoms with E-state index in [0.717, 1.165) is 16.2 Å². The van der Waals surface area contributed by atoms with E-state index in [1.807, 2.05) is 24.5 Å². The third-order valence-electron chi connectivity index (χ3n) is 2.25. The van der Waals surface area contributed by atoms with E-state index in [1.165, 1.54) is 5.38 Å². The molecule has 1 aromatic carbocycles. The van der Waals surface area contributed by atoms with Crippen LogP contribution in [0.2, 0.25) is 0 Å². The Balaban J connectivity index is 2.13. The Morgan fingerprint density at radius 2 is 2.21 bits per heavy atom. The zero-order valence-corrected chi connectivity index (χ0v) is 11.5. The predicted molar refractivity (Wildman–Crippen MR) is 75.2 cm³/mol. The predicted octanol–water partition coefficient (Wildman–Crippen LogP) is 2.82. The molecule has 2 aromatic rings. The fourth-order valence-corrected chi connectivity index (χ4v) is 2.51. The fourth-order valence-electron chi connectivity index (χ4n) is 1.36. The summed E-state index contributed by atoms with van der Waals surface area (Å²) in [5, 5.41) is 12.9. The number of hydrogen-bond donors (Lipinski definition) is 2. The number of carboxylic acid groups (broad SMARTS) is 1. The number of anilines is 1. The number of nitrogens with zero attached hydrogens (tertiary/aromatic N) is 1. The first-order chi connectivity index (χ1) is 9.10. The number of carbonyl (C=O) groups excluding carboxylic acids is 1. The van der Waals surface area contributed by atoms with Crippen LogP contribution in [0.25, 0.3) is 0 Å². The molecule has 1 heterocycles. The number of hydrogen-bond acceptors (Lipinski definition) is 5. The summed E-state index contributed by atoms with van der Waals surface area (Å²) >= 11 is 2.58. The molecule has 0 atom stereocenters. The van der Waals surface area contributed by atoms with Crippen LogP contribution in [0, 0.1) is 0 Å². The van der Waals surface area contributed by atoms with Crippen LogP contribution in [0.5, 0.6) is 0 Å². The molecule has 0 fully saturated rings. The van der Waals surface area contributed by atoms with E-state index < -0.39 is 11.9 Å². The number of thiazole rings is 1. The van der Waals surface area contributed by atoms with Crippen molar-refractivity contribution in [2.45, 2.75) is 4.90 Å². The normalized spacial score (nSPS) is 10.2. The molecule has 98 valence electrons. The Kier molecular flexibility index (Phi) is 4.18. The number of aromatic nitrogens is 1. The minimum atomic E-state index is -1.14.